The number of carboxylic acids is 1. The van der Waals surface area contributed by atoms with Gasteiger partial charge in [0.2, 0.25) is 5.96 Å². The fraction of sp³-hybridized carbons (Fsp3) is 0.0400. The molecule has 0 saturated carbocycles. The van der Waals surface area contributed by atoms with Gasteiger partial charge in [0.25, 0.3) is 5.91 Å². The molecule has 36 heavy (non-hydrogen) atoms. The third-order valence-corrected chi connectivity index (χ3v) is 5.12. The lowest BCUT2D eigenvalue weighted by molar-refractivity contribution is -0.136. The molecule has 11 heteroatoms. The number of nitrogens with zero attached hydrogens (tertiary/aromatic N) is 1. The van der Waals surface area contributed by atoms with Crippen LogP contribution in [0, 0.1) is 0 Å². The zero-order valence-electron chi connectivity index (χ0n) is 18.8. The number of carbonyl (C=O) groups excluding carboxylic acids is 2. The molecule has 4 rings (SSSR count). The number of hydrogen-bond donors (Lipinski definition) is 6. The van der Waals surface area contributed by atoms with Gasteiger partial charge in [-0.1, -0.05) is 12.1 Å². The average Bonchev–Trinajstić information content (AvgIpc) is 3.29. The molecule has 1 heterocycles. The van der Waals surface area contributed by atoms with Crippen molar-refractivity contribution in [2.24, 2.45) is 16.6 Å². The molecule has 0 bridgehead atoms. The number of amides is 1. The van der Waals surface area contributed by atoms with Gasteiger partial charge in [-0.25, -0.2) is 15.6 Å². The summed E-state index contributed by atoms with van der Waals surface area (Å²) in [5.74, 6) is 3.64. The smallest absolute Gasteiger partial charge is 0.343 e. The van der Waals surface area contributed by atoms with Crippen LogP contribution < -0.4 is 27.1 Å². The van der Waals surface area contributed by atoms with Crippen molar-refractivity contribution in [1.29, 1.82) is 0 Å². The SMILES string of the molecule is NNC(N)=Nc1ccc(C(=O)Oc2ccc3cc(C(=O)Nc4ccc(CC(=O)O)cc4)[nH]c3c2)cc1. The highest BCUT2D eigenvalue weighted by molar-refractivity contribution is 6.06. The van der Waals surface area contributed by atoms with Crippen molar-refractivity contribution in [2.75, 3.05) is 5.32 Å². The molecule has 0 aliphatic rings. The number of anilines is 1. The van der Waals surface area contributed by atoms with E-state index < -0.39 is 11.9 Å². The lowest BCUT2D eigenvalue weighted by atomic mass is 10.1. The van der Waals surface area contributed by atoms with Crippen molar-refractivity contribution in [3.05, 3.63) is 89.6 Å². The first-order valence-corrected chi connectivity index (χ1v) is 10.7. The third kappa shape index (κ3) is 5.85. The van der Waals surface area contributed by atoms with Crippen LogP contribution in [0.3, 0.4) is 0 Å². The van der Waals surface area contributed by atoms with Gasteiger partial charge in [0.1, 0.15) is 11.4 Å². The number of aliphatic imine (C=N–C) groups is 1. The van der Waals surface area contributed by atoms with E-state index in [1.54, 1.807) is 72.8 Å². The number of esters is 1. The highest BCUT2D eigenvalue weighted by Crippen LogP contribution is 2.23. The molecule has 0 atom stereocenters. The molecule has 0 aliphatic carbocycles. The molecule has 182 valence electrons. The maximum Gasteiger partial charge on any atom is 0.343 e. The number of nitrogens with one attached hydrogen (secondary N) is 3. The van der Waals surface area contributed by atoms with E-state index in [-0.39, 0.29) is 18.3 Å². The van der Waals surface area contributed by atoms with Gasteiger partial charge in [-0.2, -0.15) is 0 Å². The Kier molecular flexibility index (Phi) is 6.93. The summed E-state index contributed by atoms with van der Waals surface area (Å²) in [7, 11) is 0. The molecular weight excluding hydrogens is 464 g/mol. The molecule has 0 aliphatic heterocycles. The number of carboxylic acid groups (broad SMARTS) is 1. The lowest BCUT2D eigenvalue weighted by Crippen LogP contribution is -2.36. The monoisotopic (exact) mass is 486 g/mol. The van der Waals surface area contributed by atoms with E-state index in [1.807, 2.05) is 0 Å². The predicted octanol–water partition coefficient (Wildman–Crippen LogP) is 2.68. The van der Waals surface area contributed by atoms with E-state index in [0.29, 0.717) is 39.5 Å². The van der Waals surface area contributed by atoms with Crippen molar-refractivity contribution in [3.63, 3.8) is 0 Å². The molecule has 11 nitrogen and oxygen atoms in total. The molecule has 8 N–H and O–H groups in total. The quantitative estimate of drug-likeness (QED) is 0.0575. The summed E-state index contributed by atoms with van der Waals surface area (Å²) in [5, 5.41) is 12.4. The predicted molar refractivity (Wildman–Crippen MR) is 134 cm³/mol. The zero-order valence-corrected chi connectivity index (χ0v) is 18.8. The zero-order chi connectivity index (χ0) is 25.7. The minimum absolute atomic E-state index is 0.0336. The van der Waals surface area contributed by atoms with Gasteiger partial charge in [0.05, 0.1) is 17.7 Å². The van der Waals surface area contributed by atoms with E-state index in [9.17, 15) is 14.4 Å². The molecular formula is C25H22N6O5. The number of aromatic nitrogens is 1. The number of ether oxygens (including phenoxy) is 1. The number of aromatic amines is 1. The number of aliphatic carboxylic acids is 1. The number of benzene rings is 3. The number of nitrogens with two attached hydrogens (primary N) is 2. The molecule has 1 amide bonds. The topological polar surface area (TPSA) is 185 Å². The molecule has 0 unspecified atom stereocenters. The summed E-state index contributed by atoms with van der Waals surface area (Å²) >= 11 is 0. The van der Waals surface area contributed by atoms with Gasteiger partial charge in [-0.3, -0.25) is 15.0 Å². The molecule has 0 radical (unpaired) electrons. The lowest BCUT2D eigenvalue weighted by Gasteiger charge is -2.05. The summed E-state index contributed by atoms with van der Waals surface area (Å²) < 4.78 is 5.46. The fourth-order valence-corrected chi connectivity index (χ4v) is 3.38. The Balaban J connectivity index is 1.43. The van der Waals surface area contributed by atoms with Crippen molar-refractivity contribution in [2.45, 2.75) is 6.42 Å². The largest absolute Gasteiger partial charge is 0.481 e. The molecule has 0 fully saturated rings. The van der Waals surface area contributed by atoms with Crippen LogP contribution in [-0.4, -0.2) is 33.9 Å². The summed E-state index contributed by atoms with van der Waals surface area (Å²) in [6, 6.07) is 19.5. The van der Waals surface area contributed by atoms with E-state index in [0.717, 1.165) is 5.39 Å². The van der Waals surface area contributed by atoms with E-state index in [1.165, 1.54) is 0 Å². The first-order valence-electron chi connectivity index (χ1n) is 10.7. The third-order valence-electron chi connectivity index (χ3n) is 5.12. The number of hydrogen-bond acceptors (Lipinski definition) is 6. The number of carbonyl (C=O) groups is 3. The number of H-pyrrole nitrogens is 1. The van der Waals surface area contributed by atoms with Gasteiger partial charge >= 0.3 is 11.9 Å². The summed E-state index contributed by atoms with van der Waals surface area (Å²) in [6.45, 7) is 0. The van der Waals surface area contributed by atoms with Gasteiger partial charge < -0.3 is 25.9 Å². The molecule has 1 aromatic heterocycles. The fourth-order valence-electron chi connectivity index (χ4n) is 3.38. The van der Waals surface area contributed by atoms with Crippen LogP contribution >= 0.6 is 0 Å². The molecule has 0 spiro atoms. The van der Waals surface area contributed by atoms with Gasteiger partial charge in [-0.15, -0.1) is 0 Å². The second kappa shape index (κ2) is 10.4. The standard InChI is InChI=1S/C25H22N6O5/c26-25(31-27)29-18-8-3-15(4-9-18)24(35)36-19-10-5-16-12-21(30-20(16)13-19)23(34)28-17-6-1-14(2-7-17)11-22(32)33/h1-10,12-13,30H,11,27H2,(H,28,34)(H,32,33)(H3,26,29,31). The highest BCUT2D eigenvalue weighted by atomic mass is 16.5. The van der Waals surface area contributed by atoms with Crippen molar-refractivity contribution >= 4 is 46.1 Å². The van der Waals surface area contributed by atoms with Crippen LogP contribution in [0.15, 0.2) is 77.8 Å². The van der Waals surface area contributed by atoms with Crippen LogP contribution in [0.1, 0.15) is 26.4 Å². The first kappa shape index (κ1) is 24.0. The Hall–Kier alpha value is -5.16. The number of rotatable bonds is 7. The maximum absolute atomic E-state index is 12.7. The van der Waals surface area contributed by atoms with Crippen LogP contribution in [0.5, 0.6) is 5.75 Å². The van der Waals surface area contributed by atoms with Gasteiger partial charge in [0.15, 0.2) is 0 Å². The number of fused-ring (bicyclic) bond motifs is 1. The average molecular weight is 486 g/mol. The number of guanidine groups is 1. The minimum atomic E-state index is -0.927. The minimum Gasteiger partial charge on any atom is -0.481 e. The van der Waals surface area contributed by atoms with E-state index >= 15 is 0 Å². The van der Waals surface area contributed by atoms with E-state index in [4.69, 9.17) is 21.4 Å². The summed E-state index contributed by atoms with van der Waals surface area (Å²) in [6.07, 6.45) is -0.0926. The first-order chi connectivity index (χ1) is 17.3. The highest BCUT2D eigenvalue weighted by Gasteiger charge is 2.13. The Morgan fingerprint density at radius 3 is 2.36 bits per heavy atom. The Morgan fingerprint density at radius 1 is 0.972 bits per heavy atom. The van der Waals surface area contributed by atoms with Crippen molar-refractivity contribution in [1.82, 2.24) is 10.4 Å². The van der Waals surface area contributed by atoms with Gasteiger partial charge in [0, 0.05) is 22.7 Å². The summed E-state index contributed by atoms with van der Waals surface area (Å²) in [5.41, 5.74) is 10.6. The maximum atomic E-state index is 12.7. The van der Waals surface area contributed by atoms with Crippen LogP contribution in [-0.2, 0) is 11.2 Å². The molecule has 3 aromatic carbocycles. The Morgan fingerprint density at radius 2 is 1.69 bits per heavy atom. The molecule has 4 aromatic rings. The molecule has 0 saturated heterocycles. The summed E-state index contributed by atoms with van der Waals surface area (Å²) in [4.78, 5) is 43.0. The van der Waals surface area contributed by atoms with Crippen molar-refractivity contribution < 1.29 is 24.2 Å². The Bertz CT molecular complexity index is 1460. The van der Waals surface area contributed by atoms with Gasteiger partial charge in [-0.05, 0) is 60.2 Å². The van der Waals surface area contributed by atoms with E-state index in [2.05, 4.69) is 20.7 Å². The van der Waals surface area contributed by atoms with Crippen LogP contribution in [0.4, 0.5) is 11.4 Å². The Labute approximate surface area is 204 Å². The van der Waals surface area contributed by atoms with Crippen LogP contribution in [0.2, 0.25) is 0 Å². The van der Waals surface area contributed by atoms with Crippen LogP contribution in [0.25, 0.3) is 10.9 Å². The second-order valence-corrected chi connectivity index (χ2v) is 7.73. The van der Waals surface area contributed by atoms with Crippen molar-refractivity contribution in [3.8, 4) is 5.75 Å². The normalized spacial score (nSPS) is 11.2. The number of hydrazine groups is 1. The second-order valence-electron chi connectivity index (χ2n) is 7.73.